The molecule has 0 aromatic heterocycles. The van der Waals surface area contributed by atoms with Gasteiger partial charge in [0, 0.05) is 18.2 Å². The fraction of sp³-hybridized carbons (Fsp3) is 0.611. The van der Waals surface area contributed by atoms with Crippen molar-refractivity contribution >= 4 is 11.6 Å². The molecule has 2 N–H and O–H groups in total. The number of anilines is 1. The second-order valence-corrected chi connectivity index (χ2v) is 7.37. The van der Waals surface area contributed by atoms with Crippen molar-refractivity contribution in [2.45, 2.75) is 32.2 Å². The van der Waals surface area contributed by atoms with E-state index in [-0.39, 0.29) is 0 Å². The molecule has 110 valence electrons. The molecule has 0 saturated heterocycles. The quantitative estimate of drug-likeness (QED) is 0.875. The third-order valence-electron chi connectivity index (χ3n) is 6.44. The van der Waals surface area contributed by atoms with Crippen LogP contribution in [0, 0.1) is 29.6 Å². The van der Waals surface area contributed by atoms with Crippen LogP contribution >= 0.6 is 0 Å². The van der Waals surface area contributed by atoms with Gasteiger partial charge in [0.2, 0.25) is 5.91 Å². The van der Waals surface area contributed by atoms with Crippen LogP contribution in [0.2, 0.25) is 0 Å². The van der Waals surface area contributed by atoms with Crippen LogP contribution in [0.15, 0.2) is 18.2 Å². The zero-order chi connectivity index (χ0) is 14.0. The van der Waals surface area contributed by atoms with Crippen LogP contribution in [0.3, 0.4) is 0 Å². The summed E-state index contributed by atoms with van der Waals surface area (Å²) in [4.78, 5) is 12.7. The molecule has 21 heavy (non-hydrogen) atoms. The molecule has 1 aliphatic heterocycles. The Morgan fingerprint density at radius 2 is 2.00 bits per heavy atom. The fourth-order valence-corrected chi connectivity index (χ4v) is 5.52. The van der Waals surface area contributed by atoms with E-state index >= 15 is 0 Å². The molecule has 1 aromatic carbocycles. The SMILES string of the molecule is O=C(Nc1cccc2c1CNCC2)C1C2C3CCC(C3)C12. The van der Waals surface area contributed by atoms with Crippen molar-refractivity contribution < 1.29 is 4.79 Å². The van der Waals surface area contributed by atoms with Gasteiger partial charge in [-0.1, -0.05) is 12.1 Å². The number of benzene rings is 1. The summed E-state index contributed by atoms with van der Waals surface area (Å²) in [6.45, 7) is 1.93. The Morgan fingerprint density at radius 1 is 1.19 bits per heavy atom. The van der Waals surface area contributed by atoms with Crippen LogP contribution < -0.4 is 10.6 Å². The van der Waals surface area contributed by atoms with Crippen molar-refractivity contribution in [3.8, 4) is 0 Å². The second kappa shape index (κ2) is 4.33. The molecule has 4 atom stereocenters. The molecule has 0 radical (unpaired) electrons. The van der Waals surface area contributed by atoms with Gasteiger partial charge in [-0.25, -0.2) is 0 Å². The Bertz CT molecular complexity index is 595. The fourth-order valence-electron chi connectivity index (χ4n) is 5.52. The Kier molecular flexibility index (Phi) is 2.52. The molecule has 0 spiro atoms. The van der Waals surface area contributed by atoms with Gasteiger partial charge in [0.1, 0.15) is 0 Å². The Morgan fingerprint density at radius 3 is 2.81 bits per heavy atom. The van der Waals surface area contributed by atoms with Crippen molar-refractivity contribution in [1.29, 1.82) is 0 Å². The molecule has 4 unspecified atom stereocenters. The van der Waals surface area contributed by atoms with E-state index in [1.54, 1.807) is 0 Å². The summed E-state index contributed by atoms with van der Waals surface area (Å²) in [7, 11) is 0. The van der Waals surface area contributed by atoms with Crippen LogP contribution in [0.1, 0.15) is 30.4 Å². The van der Waals surface area contributed by atoms with Gasteiger partial charge in [-0.3, -0.25) is 4.79 Å². The lowest BCUT2D eigenvalue weighted by Gasteiger charge is -2.21. The van der Waals surface area contributed by atoms with Crippen molar-refractivity contribution in [2.24, 2.45) is 29.6 Å². The highest BCUT2D eigenvalue weighted by Crippen LogP contribution is 2.69. The number of hydrogen-bond donors (Lipinski definition) is 2. The average molecular weight is 282 g/mol. The number of fused-ring (bicyclic) bond motifs is 6. The highest BCUT2D eigenvalue weighted by molar-refractivity contribution is 5.96. The maximum Gasteiger partial charge on any atom is 0.228 e. The van der Waals surface area contributed by atoms with E-state index in [0.717, 1.165) is 48.9 Å². The van der Waals surface area contributed by atoms with Crippen molar-refractivity contribution in [3.05, 3.63) is 29.3 Å². The first-order valence-corrected chi connectivity index (χ1v) is 8.45. The Labute approximate surface area is 125 Å². The number of rotatable bonds is 2. The number of carbonyl (C=O) groups excluding carboxylic acids is 1. The molecule has 3 nitrogen and oxygen atoms in total. The summed E-state index contributed by atoms with van der Waals surface area (Å²) in [5.74, 6) is 3.79. The summed E-state index contributed by atoms with van der Waals surface area (Å²) >= 11 is 0. The standard InChI is InChI=1S/C18H22N2O/c21-18(17-15-11-4-5-12(8-11)16(15)17)20-14-3-1-2-10-6-7-19-9-13(10)14/h1-3,11-12,15-17,19H,4-9H2,(H,20,21). The molecule has 3 fully saturated rings. The highest BCUT2D eigenvalue weighted by atomic mass is 16.2. The molecule has 1 amide bonds. The lowest BCUT2D eigenvalue weighted by atomic mass is 9.98. The number of hydrogen-bond acceptors (Lipinski definition) is 2. The Balaban J connectivity index is 1.36. The minimum Gasteiger partial charge on any atom is -0.326 e. The smallest absolute Gasteiger partial charge is 0.228 e. The zero-order valence-electron chi connectivity index (χ0n) is 12.3. The predicted molar refractivity (Wildman–Crippen MR) is 81.8 cm³/mol. The van der Waals surface area contributed by atoms with Crippen LogP contribution in [0.4, 0.5) is 5.69 Å². The summed E-state index contributed by atoms with van der Waals surface area (Å²) in [6, 6.07) is 6.34. The van der Waals surface area contributed by atoms with E-state index in [2.05, 4.69) is 28.8 Å². The third kappa shape index (κ3) is 1.73. The zero-order valence-corrected chi connectivity index (χ0v) is 12.3. The first kappa shape index (κ1) is 12.2. The van der Waals surface area contributed by atoms with Crippen molar-refractivity contribution in [2.75, 3.05) is 11.9 Å². The first-order chi connectivity index (χ1) is 10.3. The van der Waals surface area contributed by atoms with Gasteiger partial charge in [0.15, 0.2) is 0 Å². The second-order valence-electron chi connectivity index (χ2n) is 7.37. The lowest BCUT2D eigenvalue weighted by molar-refractivity contribution is -0.118. The molecule has 1 aromatic rings. The summed E-state index contributed by atoms with van der Waals surface area (Å²) in [5, 5.41) is 6.66. The van der Waals surface area contributed by atoms with Crippen LogP contribution in [-0.4, -0.2) is 12.5 Å². The van der Waals surface area contributed by atoms with E-state index < -0.39 is 0 Å². The van der Waals surface area contributed by atoms with Crippen LogP contribution in [0.5, 0.6) is 0 Å². The van der Waals surface area contributed by atoms with E-state index in [0.29, 0.717) is 11.8 Å². The lowest BCUT2D eigenvalue weighted by Crippen LogP contribution is -2.26. The van der Waals surface area contributed by atoms with Gasteiger partial charge >= 0.3 is 0 Å². The summed E-state index contributed by atoms with van der Waals surface area (Å²) in [6.07, 6.45) is 5.22. The molecule has 4 aliphatic rings. The van der Waals surface area contributed by atoms with Gasteiger partial charge in [-0.2, -0.15) is 0 Å². The molecule has 2 bridgehead atoms. The maximum atomic E-state index is 12.7. The Hall–Kier alpha value is -1.35. The maximum absolute atomic E-state index is 12.7. The molecule has 1 heterocycles. The largest absolute Gasteiger partial charge is 0.326 e. The van der Waals surface area contributed by atoms with E-state index in [9.17, 15) is 4.79 Å². The summed E-state index contributed by atoms with van der Waals surface area (Å²) < 4.78 is 0. The highest BCUT2D eigenvalue weighted by Gasteiger charge is 2.67. The van der Waals surface area contributed by atoms with E-state index in [4.69, 9.17) is 0 Å². The number of amides is 1. The number of carbonyl (C=O) groups is 1. The minimum atomic E-state index is 0.292. The minimum absolute atomic E-state index is 0.292. The van der Waals surface area contributed by atoms with Crippen molar-refractivity contribution in [1.82, 2.24) is 5.32 Å². The van der Waals surface area contributed by atoms with Crippen LogP contribution in [0.25, 0.3) is 0 Å². The van der Waals surface area contributed by atoms with Crippen LogP contribution in [-0.2, 0) is 17.8 Å². The third-order valence-corrected chi connectivity index (χ3v) is 6.44. The summed E-state index contributed by atoms with van der Waals surface area (Å²) in [5.41, 5.74) is 3.73. The molecule has 3 heteroatoms. The first-order valence-electron chi connectivity index (χ1n) is 8.45. The van der Waals surface area contributed by atoms with Crippen molar-refractivity contribution in [3.63, 3.8) is 0 Å². The normalized spacial score (nSPS) is 38.8. The molecule has 3 aliphatic carbocycles. The average Bonchev–Trinajstić information content (AvgIpc) is 2.96. The molecule has 3 saturated carbocycles. The van der Waals surface area contributed by atoms with Gasteiger partial charge in [0.25, 0.3) is 0 Å². The van der Waals surface area contributed by atoms with Gasteiger partial charge in [-0.05, 0) is 73.1 Å². The number of nitrogens with one attached hydrogen (secondary N) is 2. The van der Waals surface area contributed by atoms with Gasteiger partial charge in [-0.15, -0.1) is 0 Å². The van der Waals surface area contributed by atoms with E-state index in [1.165, 1.54) is 30.4 Å². The van der Waals surface area contributed by atoms with Gasteiger partial charge in [0.05, 0.1) is 0 Å². The topological polar surface area (TPSA) is 41.1 Å². The van der Waals surface area contributed by atoms with E-state index in [1.807, 2.05) is 0 Å². The molecular weight excluding hydrogens is 260 g/mol. The molecular formula is C18H22N2O. The monoisotopic (exact) mass is 282 g/mol. The van der Waals surface area contributed by atoms with Gasteiger partial charge < -0.3 is 10.6 Å². The predicted octanol–water partition coefficient (Wildman–Crippen LogP) is 2.56. The molecule has 5 rings (SSSR count).